The molecule has 0 atom stereocenters. The Morgan fingerprint density at radius 2 is 1.29 bits per heavy atom. The Kier molecular flexibility index (Phi) is 17.0. The normalized spacial score (nSPS) is 10.8. The lowest BCUT2D eigenvalue weighted by molar-refractivity contribution is -0.143. The zero-order valence-electron chi connectivity index (χ0n) is 14.1. The molecule has 0 bridgehead atoms. The van der Waals surface area contributed by atoms with Crippen LogP contribution in [0.4, 0.5) is 0 Å². The van der Waals surface area contributed by atoms with Crippen LogP contribution in [0.2, 0.25) is 0 Å². The Morgan fingerprint density at radius 1 is 0.762 bits per heavy atom. The summed E-state index contributed by atoms with van der Waals surface area (Å²) in [6, 6.07) is 0. The Labute approximate surface area is 131 Å². The van der Waals surface area contributed by atoms with Gasteiger partial charge < -0.3 is 9.84 Å². The number of carbonyl (C=O) groups is 1. The number of unbranched alkanes of at least 4 members (excludes halogenated alkanes) is 11. The maximum Gasteiger partial charge on any atom is 0.305 e. The first kappa shape index (κ1) is 20.4. The van der Waals surface area contributed by atoms with E-state index < -0.39 is 0 Å². The van der Waals surface area contributed by atoms with Crippen molar-refractivity contribution in [2.45, 2.75) is 96.8 Å². The molecule has 3 nitrogen and oxygen atoms in total. The van der Waals surface area contributed by atoms with Gasteiger partial charge in [0.1, 0.15) is 0 Å². The number of hydrogen-bond acceptors (Lipinski definition) is 3. The van der Waals surface area contributed by atoms with Crippen LogP contribution in [-0.2, 0) is 9.53 Å². The number of rotatable bonds is 16. The van der Waals surface area contributed by atoms with Gasteiger partial charge in [0.05, 0.1) is 6.61 Å². The van der Waals surface area contributed by atoms with Crippen molar-refractivity contribution in [3.63, 3.8) is 0 Å². The van der Waals surface area contributed by atoms with E-state index in [1.807, 2.05) is 0 Å². The molecule has 0 radical (unpaired) electrons. The molecule has 0 aliphatic carbocycles. The lowest BCUT2D eigenvalue weighted by atomic mass is 10.1. The van der Waals surface area contributed by atoms with Gasteiger partial charge in [0.15, 0.2) is 0 Å². The van der Waals surface area contributed by atoms with E-state index in [1.165, 1.54) is 44.9 Å². The van der Waals surface area contributed by atoms with Gasteiger partial charge in [-0.15, -0.1) is 0 Å². The van der Waals surface area contributed by atoms with Crippen molar-refractivity contribution in [3.8, 4) is 0 Å². The molecule has 0 heterocycles. The smallest absolute Gasteiger partial charge is 0.305 e. The number of esters is 1. The van der Waals surface area contributed by atoms with Crippen LogP contribution in [0.5, 0.6) is 0 Å². The zero-order valence-corrected chi connectivity index (χ0v) is 14.1. The minimum atomic E-state index is -0.0416. The minimum Gasteiger partial charge on any atom is -0.466 e. The highest BCUT2D eigenvalue weighted by Gasteiger charge is 2.02. The zero-order chi connectivity index (χ0) is 15.6. The number of carbonyl (C=O) groups excluding carboxylic acids is 1. The summed E-state index contributed by atoms with van der Waals surface area (Å²) in [5, 5.41) is 8.64. The third-order valence-electron chi connectivity index (χ3n) is 3.80. The van der Waals surface area contributed by atoms with Gasteiger partial charge in [-0.25, -0.2) is 0 Å². The first-order valence-electron chi connectivity index (χ1n) is 9.07. The fourth-order valence-electron chi connectivity index (χ4n) is 2.41. The van der Waals surface area contributed by atoms with E-state index >= 15 is 0 Å². The van der Waals surface area contributed by atoms with Crippen LogP contribution in [-0.4, -0.2) is 24.3 Å². The molecule has 21 heavy (non-hydrogen) atoms. The SMILES string of the molecule is CCCCCCCCCCCC(=O)OCCCCCCO. The molecule has 1 N–H and O–H groups in total. The van der Waals surface area contributed by atoms with Crippen LogP contribution < -0.4 is 0 Å². The summed E-state index contributed by atoms with van der Waals surface area (Å²) in [5.74, 6) is -0.0416. The van der Waals surface area contributed by atoms with Crippen molar-refractivity contribution in [1.29, 1.82) is 0 Å². The molecule has 0 fully saturated rings. The van der Waals surface area contributed by atoms with E-state index in [4.69, 9.17) is 9.84 Å². The summed E-state index contributed by atoms with van der Waals surface area (Å²) in [7, 11) is 0. The second-order valence-electron chi connectivity index (χ2n) is 5.94. The lowest BCUT2D eigenvalue weighted by Gasteiger charge is -2.05. The maximum atomic E-state index is 11.5. The summed E-state index contributed by atoms with van der Waals surface area (Å²) in [4.78, 5) is 11.5. The van der Waals surface area contributed by atoms with Gasteiger partial charge in [-0.2, -0.15) is 0 Å². The molecule has 0 rings (SSSR count). The van der Waals surface area contributed by atoms with Gasteiger partial charge in [-0.3, -0.25) is 4.79 Å². The molecule has 126 valence electrons. The molecular weight excluding hydrogens is 264 g/mol. The van der Waals surface area contributed by atoms with Crippen molar-refractivity contribution in [2.75, 3.05) is 13.2 Å². The monoisotopic (exact) mass is 300 g/mol. The topological polar surface area (TPSA) is 46.5 Å². The minimum absolute atomic E-state index is 0.0416. The molecule has 0 unspecified atom stereocenters. The van der Waals surface area contributed by atoms with E-state index in [2.05, 4.69) is 6.92 Å². The summed E-state index contributed by atoms with van der Waals surface area (Å²) < 4.78 is 5.19. The van der Waals surface area contributed by atoms with E-state index in [9.17, 15) is 4.79 Å². The highest BCUT2D eigenvalue weighted by Crippen LogP contribution is 2.11. The predicted molar refractivity (Wildman–Crippen MR) is 88.4 cm³/mol. The number of aliphatic hydroxyl groups excluding tert-OH is 1. The largest absolute Gasteiger partial charge is 0.466 e. The molecule has 0 saturated carbocycles. The van der Waals surface area contributed by atoms with Gasteiger partial charge >= 0.3 is 5.97 Å². The molecule has 0 spiro atoms. The summed E-state index contributed by atoms with van der Waals surface area (Å²) in [5.41, 5.74) is 0. The molecule has 0 aromatic heterocycles. The molecule has 0 aliphatic rings. The summed E-state index contributed by atoms with van der Waals surface area (Å²) >= 11 is 0. The van der Waals surface area contributed by atoms with Crippen molar-refractivity contribution in [2.24, 2.45) is 0 Å². The van der Waals surface area contributed by atoms with Crippen molar-refractivity contribution < 1.29 is 14.6 Å². The second-order valence-corrected chi connectivity index (χ2v) is 5.94. The van der Waals surface area contributed by atoms with Crippen molar-refractivity contribution in [3.05, 3.63) is 0 Å². The molecule has 0 aliphatic heterocycles. The molecule has 3 heteroatoms. The van der Waals surface area contributed by atoms with Crippen LogP contribution in [0.3, 0.4) is 0 Å². The van der Waals surface area contributed by atoms with Crippen LogP contribution in [0.15, 0.2) is 0 Å². The molecular formula is C18H36O3. The van der Waals surface area contributed by atoms with Gasteiger partial charge in [0.2, 0.25) is 0 Å². The Balaban J connectivity index is 3.12. The van der Waals surface area contributed by atoms with E-state index in [1.54, 1.807) is 0 Å². The Hall–Kier alpha value is -0.570. The van der Waals surface area contributed by atoms with Gasteiger partial charge in [-0.1, -0.05) is 64.7 Å². The Morgan fingerprint density at radius 3 is 1.90 bits per heavy atom. The average Bonchev–Trinajstić information content (AvgIpc) is 2.49. The Bertz CT molecular complexity index is 217. The van der Waals surface area contributed by atoms with Crippen LogP contribution in [0.1, 0.15) is 96.8 Å². The summed E-state index contributed by atoms with van der Waals surface area (Å²) in [6.07, 6.45) is 15.9. The number of hydrogen-bond donors (Lipinski definition) is 1. The van der Waals surface area contributed by atoms with E-state index in [0.717, 1.165) is 38.5 Å². The summed E-state index contributed by atoms with van der Waals surface area (Å²) in [6.45, 7) is 3.05. The molecule has 0 amide bonds. The third kappa shape index (κ3) is 17.4. The number of ether oxygens (including phenoxy) is 1. The van der Waals surface area contributed by atoms with E-state index in [-0.39, 0.29) is 12.6 Å². The second kappa shape index (κ2) is 17.5. The maximum absolute atomic E-state index is 11.5. The standard InChI is InChI=1S/C18H36O3/c1-2-3-4-5-6-7-8-9-12-15-18(20)21-17-14-11-10-13-16-19/h19H,2-17H2,1H3. The molecule has 0 aromatic carbocycles. The average molecular weight is 300 g/mol. The fraction of sp³-hybridized carbons (Fsp3) is 0.944. The highest BCUT2D eigenvalue weighted by molar-refractivity contribution is 5.69. The van der Waals surface area contributed by atoms with Gasteiger partial charge in [0, 0.05) is 13.0 Å². The van der Waals surface area contributed by atoms with Gasteiger partial charge in [0.25, 0.3) is 0 Å². The highest BCUT2D eigenvalue weighted by atomic mass is 16.5. The number of aliphatic hydroxyl groups is 1. The quantitative estimate of drug-likeness (QED) is 0.322. The molecule has 0 saturated heterocycles. The van der Waals surface area contributed by atoms with Crippen LogP contribution in [0.25, 0.3) is 0 Å². The van der Waals surface area contributed by atoms with E-state index in [0.29, 0.717) is 13.0 Å². The van der Waals surface area contributed by atoms with Crippen molar-refractivity contribution in [1.82, 2.24) is 0 Å². The first-order chi connectivity index (χ1) is 10.3. The van der Waals surface area contributed by atoms with Crippen molar-refractivity contribution >= 4 is 5.97 Å². The third-order valence-corrected chi connectivity index (χ3v) is 3.80. The van der Waals surface area contributed by atoms with Crippen LogP contribution in [0, 0.1) is 0 Å². The molecule has 0 aromatic rings. The van der Waals surface area contributed by atoms with Crippen LogP contribution >= 0.6 is 0 Å². The fourth-order valence-corrected chi connectivity index (χ4v) is 2.41. The predicted octanol–water partition coefficient (Wildman–Crippen LogP) is 5.00. The van der Waals surface area contributed by atoms with Gasteiger partial charge in [-0.05, 0) is 25.7 Å². The lowest BCUT2D eigenvalue weighted by Crippen LogP contribution is -2.05. The first-order valence-corrected chi connectivity index (χ1v) is 9.07.